The molecule has 0 fully saturated rings. The Morgan fingerprint density at radius 1 is 1.50 bits per heavy atom. The van der Waals surface area contributed by atoms with Crippen LogP contribution in [0.15, 0.2) is 24.3 Å². The van der Waals surface area contributed by atoms with Crippen LogP contribution in [0.4, 0.5) is 0 Å². The van der Waals surface area contributed by atoms with Crippen molar-refractivity contribution in [2.45, 2.75) is 38.1 Å². The fraction of sp³-hybridized carbons (Fsp3) is 0.467. The van der Waals surface area contributed by atoms with Gasteiger partial charge in [-0.15, -0.1) is 10.2 Å². The number of hydrogen-bond donors (Lipinski definition) is 2. The second-order valence-electron chi connectivity index (χ2n) is 5.35. The van der Waals surface area contributed by atoms with Crippen molar-refractivity contribution in [2.75, 3.05) is 6.61 Å². The summed E-state index contributed by atoms with van der Waals surface area (Å²) in [6, 6.07) is 7.47. The summed E-state index contributed by atoms with van der Waals surface area (Å²) < 4.78 is 5.61. The molecule has 1 aliphatic heterocycles. The predicted molar refractivity (Wildman–Crippen MR) is 79.3 cm³/mol. The molecule has 22 heavy (non-hydrogen) atoms. The number of aromatic amines is 1. The van der Waals surface area contributed by atoms with Crippen molar-refractivity contribution in [1.82, 2.24) is 25.9 Å². The number of H-pyrrole nitrogens is 1. The van der Waals surface area contributed by atoms with E-state index in [0.717, 1.165) is 24.2 Å². The highest BCUT2D eigenvalue weighted by molar-refractivity contribution is 5.85. The quantitative estimate of drug-likeness (QED) is 0.877. The van der Waals surface area contributed by atoms with Gasteiger partial charge in [-0.3, -0.25) is 4.79 Å². The van der Waals surface area contributed by atoms with Crippen molar-refractivity contribution in [3.8, 4) is 5.75 Å². The van der Waals surface area contributed by atoms with E-state index < -0.39 is 0 Å². The van der Waals surface area contributed by atoms with Gasteiger partial charge in [0, 0.05) is 5.56 Å². The average molecular weight is 301 g/mol. The molecule has 116 valence electrons. The second kappa shape index (κ2) is 6.55. The fourth-order valence-electron chi connectivity index (χ4n) is 2.76. The van der Waals surface area contributed by atoms with Crippen LogP contribution in [0.3, 0.4) is 0 Å². The number of carbonyl (C=O) groups is 1. The summed E-state index contributed by atoms with van der Waals surface area (Å²) in [5, 5.41) is 17.0. The van der Waals surface area contributed by atoms with Gasteiger partial charge in [-0.05, 0) is 18.9 Å². The number of nitrogens with one attached hydrogen (secondary N) is 2. The average Bonchev–Trinajstić information content (AvgIpc) is 3.08. The van der Waals surface area contributed by atoms with E-state index in [0.29, 0.717) is 18.9 Å². The molecule has 0 aliphatic carbocycles. The molecule has 1 aromatic carbocycles. The molecule has 0 radical (unpaired) electrons. The lowest BCUT2D eigenvalue weighted by molar-refractivity contribution is -0.124. The molecule has 1 aromatic heterocycles. The number of nitrogens with zero attached hydrogens (tertiary/aromatic N) is 3. The van der Waals surface area contributed by atoms with Crippen LogP contribution in [0.5, 0.6) is 5.75 Å². The summed E-state index contributed by atoms with van der Waals surface area (Å²) >= 11 is 0. The van der Waals surface area contributed by atoms with E-state index in [1.807, 2.05) is 24.3 Å². The van der Waals surface area contributed by atoms with Gasteiger partial charge in [0.05, 0.1) is 18.6 Å². The van der Waals surface area contributed by atoms with Crippen molar-refractivity contribution in [3.05, 3.63) is 35.7 Å². The van der Waals surface area contributed by atoms with Gasteiger partial charge in [-0.2, -0.15) is 5.21 Å². The van der Waals surface area contributed by atoms with Crippen molar-refractivity contribution < 1.29 is 9.53 Å². The molecule has 0 spiro atoms. The van der Waals surface area contributed by atoms with Gasteiger partial charge < -0.3 is 10.1 Å². The van der Waals surface area contributed by atoms with Gasteiger partial charge >= 0.3 is 0 Å². The van der Waals surface area contributed by atoms with Crippen LogP contribution in [0.1, 0.15) is 49.5 Å². The van der Waals surface area contributed by atoms with Crippen LogP contribution < -0.4 is 10.1 Å². The zero-order chi connectivity index (χ0) is 15.4. The predicted octanol–water partition coefficient (Wildman–Crippen LogP) is 1.72. The molecule has 3 rings (SSSR count). The molecular weight excluding hydrogens is 282 g/mol. The Balaban J connectivity index is 1.77. The highest BCUT2D eigenvalue weighted by atomic mass is 16.5. The second-order valence-corrected chi connectivity index (χ2v) is 5.35. The van der Waals surface area contributed by atoms with E-state index in [9.17, 15) is 4.79 Å². The Morgan fingerprint density at radius 3 is 3.14 bits per heavy atom. The van der Waals surface area contributed by atoms with Crippen LogP contribution in [-0.2, 0) is 4.79 Å². The number of aromatic nitrogens is 4. The minimum atomic E-state index is -0.216. The normalized spacial score (nSPS) is 18.1. The third-order valence-electron chi connectivity index (χ3n) is 3.84. The monoisotopic (exact) mass is 301 g/mol. The molecule has 7 heteroatoms. The molecule has 2 heterocycles. The van der Waals surface area contributed by atoms with E-state index >= 15 is 0 Å². The lowest BCUT2D eigenvalue weighted by atomic mass is 9.92. The van der Waals surface area contributed by atoms with Crippen molar-refractivity contribution in [2.24, 2.45) is 0 Å². The van der Waals surface area contributed by atoms with Crippen LogP contribution in [-0.4, -0.2) is 33.1 Å². The number of benzene rings is 1. The lowest BCUT2D eigenvalue weighted by Crippen LogP contribution is -2.35. The maximum absolute atomic E-state index is 12.7. The van der Waals surface area contributed by atoms with Gasteiger partial charge in [0.25, 0.3) is 0 Å². The Morgan fingerprint density at radius 2 is 2.36 bits per heavy atom. The van der Waals surface area contributed by atoms with Gasteiger partial charge in [-0.25, -0.2) is 0 Å². The minimum Gasteiger partial charge on any atom is -0.493 e. The summed E-state index contributed by atoms with van der Waals surface area (Å²) in [6.07, 6.45) is 2.37. The largest absolute Gasteiger partial charge is 0.493 e. The Bertz CT molecular complexity index is 629. The van der Waals surface area contributed by atoms with Crippen molar-refractivity contribution >= 4 is 5.91 Å². The molecular formula is C15H19N5O2. The number of ether oxygens (including phenoxy) is 1. The number of hydrogen-bond acceptors (Lipinski definition) is 5. The first-order valence-corrected chi connectivity index (χ1v) is 7.55. The highest BCUT2D eigenvalue weighted by Gasteiger charge is 2.29. The molecule has 1 amide bonds. The lowest BCUT2D eigenvalue weighted by Gasteiger charge is -2.26. The van der Waals surface area contributed by atoms with Crippen LogP contribution in [0.2, 0.25) is 0 Å². The summed E-state index contributed by atoms with van der Waals surface area (Å²) in [6.45, 7) is 2.61. The summed E-state index contributed by atoms with van der Waals surface area (Å²) in [7, 11) is 0. The number of amides is 1. The first-order chi connectivity index (χ1) is 10.8. The van der Waals surface area contributed by atoms with E-state index in [1.54, 1.807) is 0 Å². The van der Waals surface area contributed by atoms with E-state index in [1.165, 1.54) is 0 Å². The van der Waals surface area contributed by atoms with Crippen molar-refractivity contribution in [3.63, 3.8) is 0 Å². The minimum absolute atomic E-state index is 0.0148. The van der Waals surface area contributed by atoms with E-state index in [-0.39, 0.29) is 17.9 Å². The standard InChI is InChI=1S/C15H19N5O2/c1-2-5-12(14-17-19-20-18-14)16-15(21)11-8-9-22-13-7-4-3-6-10(11)13/h3-4,6-7,11-12H,2,5,8-9H2,1H3,(H,16,21)(H,17,18,19,20). The highest BCUT2D eigenvalue weighted by Crippen LogP contribution is 2.33. The smallest absolute Gasteiger partial charge is 0.228 e. The topological polar surface area (TPSA) is 92.8 Å². The zero-order valence-electron chi connectivity index (χ0n) is 12.5. The Labute approximate surface area is 128 Å². The van der Waals surface area contributed by atoms with Gasteiger partial charge in [0.2, 0.25) is 5.91 Å². The summed E-state index contributed by atoms with van der Waals surface area (Å²) in [5.41, 5.74) is 0.939. The number of rotatable bonds is 5. The van der Waals surface area contributed by atoms with Crippen LogP contribution >= 0.6 is 0 Å². The number of carbonyl (C=O) groups excluding carboxylic acids is 1. The maximum atomic E-state index is 12.7. The molecule has 2 N–H and O–H groups in total. The molecule has 2 atom stereocenters. The third kappa shape index (κ3) is 2.93. The molecule has 7 nitrogen and oxygen atoms in total. The molecule has 0 saturated carbocycles. The zero-order valence-corrected chi connectivity index (χ0v) is 12.5. The number of fused-ring (bicyclic) bond motifs is 1. The van der Waals surface area contributed by atoms with E-state index in [4.69, 9.17) is 4.74 Å². The van der Waals surface area contributed by atoms with Crippen LogP contribution in [0.25, 0.3) is 0 Å². The first kappa shape index (κ1) is 14.5. The molecule has 2 unspecified atom stereocenters. The number of para-hydroxylation sites is 1. The first-order valence-electron chi connectivity index (χ1n) is 7.55. The van der Waals surface area contributed by atoms with Gasteiger partial charge in [-0.1, -0.05) is 36.8 Å². The van der Waals surface area contributed by atoms with E-state index in [2.05, 4.69) is 32.9 Å². The molecule has 0 bridgehead atoms. The van der Waals surface area contributed by atoms with Gasteiger partial charge in [0.15, 0.2) is 5.82 Å². The SMILES string of the molecule is CCCC(NC(=O)C1CCOc2ccccc21)c1nn[nH]n1. The molecule has 0 saturated heterocycles. The molecule has 1 aliphatic rings. The fourth-order valence-corrected chi connectivity index (χ4v) is 2.76. The Kier molecular flexibility index (Phi) is 4.32. The third-order valence-corrected chi connectivity index (χ3v) is 3.84. The Hall–Kier alpha value is -2.44. The summed E-state index contributed by atoms with van der Waals surface area (Å²) in [4.78, 5) is 12.7. The van der Waals surface area contributed by atoms with Crippen LogP contribution in [0, 0.1) is 0 Å². The van der Waals surface area contributed by atoms with Crippen molar-refractivity contribution in [1.29, 1.82) is 0 Å². The van der Waals surface area contributed by atoms with Gasteiger partial charge in [0.1, 0.15) is 5.75 Å². The summed E-state index contributed by atoms with van der Waals surface area (Å²) in [5.74, 6) is 1.10. The number of tetrazole rings is 1. The maximum Gasteiger partial charge on any atom is 0.228 e. The molecule has 2 aromatic rings.